The molecule has 0 spiro atoms. The molecule has 20 heavy (non-hydrogen) atoms. The van der Waals surface area contributed by atoms with Crippen molar-refractivity contribution in [3.8, 4) is 0 Å². The van der Waals surface area contributed by atoms with Crippen molar-refractivity contribution in [2.24, 2.45) is 5.41 Å². The molecule has 1 aliphatic carbocycles. The van der Waals surface area contributed by atoms with E-state index < -0.39 is 11.6 Å². The number of carbonyl (C=O) groups is 1. The molecule has 6 heteroatoms. The van der Waals surface area contributed by atoms with Gasteiger partial charge >= 0.3 is 6.03 Å². The lowest BCUT2D eigenvalue weighted by molar-refractivity contribution is 0.203. The Hall–Kier alpha value is -1.69. The predicted octanol–water partition coefficient (Wildman–Crippen LogP) is 1.58. The van der Waals surface area contributed by atoms with Crippen LogP contribution in [0.2, 0.25) is 0 Å². The van der Waals surface area contributed by atoms with Crippen LogP contribution >= 0.6 is 0 Å². The zero-order valence-electron chi connectivity index (χ0n) is 11.1. The average molecular weight is 284 g/mol. The number of carbonyl (C=O) groups excluding carboxylic acids is 1. The van der Waals surface area contributed by atoms with Gasteiger partial charge in [-0.2, -0.15) is 0 Å². The van der Waals surface area contributed by atoms with Gasteiger partial charge in [0.2, 0.25) is 0 Å². The van der Waals surface area contributed by atoms with Crippen molar-refractivity contribution >= 4 is 6.03 Å². The molecule has 0 aromatic heterocycles. The monoisotopic (exact) mass is 284 g/mol. The van der Waals surface area contributed by atoms with Crippen molar-refractivity contribution in [1.29, 1.82) is 0 Å². The topological polar surface area (TPSA) is 61.4 Å². The van der Waals surface area contributed by atoms with E-state index in [9.17, 15) is 13.6 Å². The Morgan fingerprint density at radius 3 is 2.45 bits per heavy atom. The molecule has 2 rings (SSSR count). The van der Waals surface area contributed by atoms with Gasteiger partial charge in [0.1, 0.15) is 11.6 Å². The van der Waals surface area contributed by atoms with E-state index in [2.05, 4.69) is 10.6 Å². The molecule has 3 N–H and O–H groups in total. The quantitative estimate of drug-likeness (QED) is 0.742. The molecule has 1 aromatic carbocycles. The maximum absolute atomic E-state index is 13.3. The van der Waals surface area contributed by atoms with Crippen LogP contribution in [0.15, 0.2) is 18.2 Å². The maximum Gasteiger partial charge on any atom is 0.314 e. The fraction of sp³-hybridized carbons (Fsp3) is 0.500. The molecule has 0 aliphatic heterocycles. The van der Waals surface area contributed by atoms with Crippen LogP contribution < -0.4 is 10.6 Å². The number of nitrogens with one attached hydrogen (secondary N) is 2. The van der Waals surface area contributed by atoms with E-state index in [0.717, 1.165) is 12.8 Å². The normalized spacial score (nSPS) is 15.8. The highest BCUT2D eigenvalue weighted by Gasteiger charge is 2.42. The van der Waals surface area contributed by atoms with Crippen molar-refractivity contribution in [1.82, 2.24) is 10.6 Å². The highest BCUT2D eigenvalue weighted by Crippen LogP contribution is 2.44. The number of halogens is 2. The largest absolute Gasteiger partial charge is 0.396 e. The van der Waals surface area contributed by atoms with Gasteiger partial charge in [0.15, 0.2) is 0 Å². The summed E-state index contributed by atoms with van der Waals surface area (Å²) in [4.78, 5) is 11.5. The minimum absolute atomic E-state index is 0.0261. The van der Waals surface area contributed by atoms with E-state index in [1.54, 1.807) is 0 Å². The highest BCUT2D eigenvalue weighted by atomic mass is 19.1. The third-order valence-corrected chi connectivity index (χ3v) is 3.64. The molecule has 0 bridgehead atoms. The lowest BCUT2D eigenvalue weighted by Crippen LogP contribution is -2.40. The molecule has 4 nitrogen and oxygen atoms in total. The van der Waals surface area contributed by atoms with Crippen LogP contribution in [0.4, 0.5) is 13.6 Å². The minimum atomic E-state index is -0.607. The number of benzene rings is 1. The summed E-state index contributed by atoms with van der Waals surface area (Å²) in [5.41, 5.74) is -0.184. The van der Waals surface area contributed by atoms with Gasteiger partial charge in [-0.15, -0.1) is 0 Å². The number of urea groups is 1. The molecule has 1 saturated carbocycles. The first kappa shape index (κ1) is 14.7. The van der Waals surface area contributed by atoms with Crippen LogP contribution in [0.5, 0.6) is 0 Å². The minimum Gasteiger partial charge on any atom is -0.396 e. The summed E-state index contributed by atoms with van der Waals surface area (Å²) in [5, 5.41) is 14.3. The van der Waals surface area contributed by atoms with Crippen LogP contribution in [0.25, 0.3) is 0 Å². The van der Waals surface area contributed by atoms with Gasteiger partial charge < -0.3 is 15.7 Å². The maximum atomic E-state index is 13.3. The second-order valence-corrected chi connectivity index (χ2v) is 5.22. The number of rotatable bonds is 6. The third-order valence-electron chi connectivity index (χ3n) is 3.64. The van der Waals surface area contributed by atoms with Crippen molar-refractivity contribution < 1.29 is 18.7 Å². The fourth-order valence-electron chi connectivity index (χ4n) is 1.97. The first-order valence-electron chi connectivity index (χ1n) is 6.62. The molecule has 2 amide bonds. The molecule has 0 saturated heterocycles. The number of aliphatic hydroxyl groups is 1. The Morgan fingerprint density at radius 1 is 1.25 bits per heavy atom. The molecule has 0 unspecified atom stereocenters. The zero-order chi connectivity index (χ0) is 14.6. The van der Waals surface area contributed by atoms with Crippen LogP contribution in [0, 0.1) is 17.0 Å². The van der Waals surface area contributed by atoms with Gasteiger partial charge in [-0.3, -0.25) is 0 Å². The summed E-state index contributed by atoms with van der Waals surface area (Å²) in [5.74, 6) is -1.21. The van der Waals surface area contributed by atoms with Crippen LogP contribution in [-0.4, -0.2) is 30.8 Å². The Balaban J connectivity index is 1.71. The number of hydrogen-bond donors (Lipinski definition) is 3. The van der Waals surface area contributed by atoms with E-state index in [4.69, 9.17) is 5.11 Å². The molecular formula is C14H18F2N2O2. The van der Waals surface area contributed by atoms with Gasteiger partial charge in [0.05, 0.1) is 6.61 Å². The molecule has 0 radical (unpaired) electrons. The smallest absolute Gasteiger partial charge is 0.314 e. The van der Waals surface area contributed by atoms with Crippen LogP contribution in [0.1, 0.15) is 18.4 Å². The Labute approximate surface area is 116 Å². The van der Waals surface area contributed by atoms with Gasteiger partial charge in [-0.1, -0.05) is 6.07 Å². The van der Waals surface area contributed by atoms with Gasteiger partial charge in [-0.05, 0) is 31.4 Å². The molecule has 1 fully saturated rings. The van der Waals surface area contributed by atoms with Gasteiger partial charge in [-0.25, -0.2) is 13.6 Å². The first-order chi connectivity index (χ1) is 9.56. The third kappa shape index (κ3) is 3.66. The summed E-state index contributed by atoms with van der Waals surface area (Å²) in [6.07, 6.45) is 1.91. The second kappa shape index (κ2) is 6.17. The number of aliphatic hydroxyl groups excluding tert-OH is 1. The Kier molecular flexibility index (Phi) is 4.54. The SMILES string of the molecule is O=C(NCCc1c(F)cccc1F)NCC1(CO)CC1. The molecule has 110 valence electrons. The van der Waals surface area contributed by atoms with Crippen LogP contribution in [-0.2, 0) is 6.42 Å². The van der Waals surface area contributed by atoms with Crippen molar-refractivity contribution in [3.63, 3.8) is 0 Å². The summed E-state index contributed by atoms with van der Waals surface area (Å²) < 4.78 is 26.7. The highest BCUT2D eigenvalue weighted by molar-refractivity contribution is 5.73. The number of hydrogen-bond acceptors (Lipinski definition) is 2. The standard InChI is InChI=1S/C14H18F2N2O2/c15-11-2-1-3-12(16)10(11)4-7-17-13(20)18-8-14(9-19)5-6-14/h1-3,19H,4-9H2,(H2,17,18,20). The van der Waals surface area contributed by atoms with Crippen LogP contribution in [0.3, 0.4) is 0 Å². The van der Waals surface area contributed by atoms with Crippen molar-refractivity contribution in [3.05, 3.63) is 35.4 Å². The van der Waals surface area contributed by atoms with E-state index in [-0.39, 0.29) is 36.6 Å². The lowest BCUT2D eigenvalue weighted by atomic mass is 10.1. The molecule has 1 aliphatic rings. The predicted molar refractivity (Wildman–Crippen MR) is 70.2 cm³/mol. The Bertz CT molecular complexity index is 470. The van der Waals surface area contributed by atoms with E-state index in [1.807, 2.05) is 0 Å². The molecule has 0 heterocycles. The second-order valence-electron chi connectivity index (χ2n) is 5.22. The summed E-state index contributed by atoms with van der Waals surface area (Å²) >= 11 is 0. The van der Waals surface area contributed by atoms with Gasteiger partial charge in [0.25, 0.3) is 0 Å². The van der Waals surface area contributed by atoms with E-state index >= 15 is 0 Å². The molecular weight excluding hydrogens is 266 g/mol. The summed E-state index contributed by atoms with van der Waals surface area (Å²) in [6.45, 7) is 0.632. The van der Waals surface area contributed by atoms with Crippen molar-refractivity contribution in [2.45, 2.75) is 19.3 Å². The summed E-state index contributed by atoms with van der Waals surface area (Å²) in [7, 11) is 0. The van der Waals surface area contributed by atoms with Gasteiger partial charge in [0, 0.05) is 24.1 Å². The Morgan fingerprint density at radius 2 is 1.90 bits per heavy atom. The number of amides is 2. The molecule has 0 atom stereocenters. The average Bonchev–Trinajstić information content (AvgIpc) is 3.20. The lowest BCUT2D eigenvalue weighted by Gasteiger charge is -2.13. The van der Waals surface area contributed by atoms with E-state index in [1.165, 1.54) is 18.2 Å². The zero-order valence-corrected chi connectivity index (χ0v) is 11.1. The summed E-state index contributed by atoms with van der Waals surface area (Å²) in [6, 6.07) is 3.30. The van der Waals surface area contributed by atoms with E-state index in [0.29, 0.717) is 6.54 Å². The molecule has 1 aromatic rings. The fourth-order valence-corrected chi connectivity index (χ4v) is 1.97. The van der Waals surface area contributed by atoms with Crippen molar-refractivity contribution in [2.75, 3.05) is 19.7 Å². The first-order valence-corrected chi connectivity index (χ1v) is 6.62.